The van der Waals surface area contributed by atoms with Crippen molar-refractivity contribution in [3.05, 3.63) is 29.8 Å². The van der Waals surface area contributed by atoms with Gasteiger partial charge in [-0.1, -0.05) is 12.1 Å². The van der Waals surface area contributed by atoms with Gasteiger partial charge >= 0.3 is 0 Å². The molecule has 0 atom stereocenters. The average Bonchev–Trinajstić information content (AvgIpc) is 3.23. The normalized spacial score (nSPS) is 20.9. The maximum absolute atomic E-state index is 12.7. The lowest BCUT2D eigenvalue weighted by Gasteiger charge is -2.34. The SMILES string of the molecule is CN1CCN(C(=O)C2(c3ccc(N)cc3)CC2)CC1=O. The van der Waals surface area contributed by atoms with Crippen LogP contribution in [0.1, 0.15) is 18.4 Å². The highest BCUT2D eigenvalue weighted by Crippen LogP contribution is 2.49. The fourth-order valence-corrected chi connectivity index (χ4v) is 2.79. The number of carbonyl (C=O) groups excluding carboxylic acids is 2. The zero-order valence-corrected chi connectivity index (χ0v) is 11.6. The van der Waals surface area contributed by atoms with E-state index in [4.69, 9.17) is 5.73 Å². The Balaban J connectivity index is 1.80. The molecule has 1 aromatic rings. The summed E-state index contributed by atoms with van der Waals surface area (Å²) in [7, 11) is 1.77. The summed E-state index contributed by atoms with van der Waals surface area (Å²) >= 11 is 0. The molecule has 1 saturated carbocycles. The number of nitrogens with zero attached hydrogens (tertiary/aromatic N) is 2. The first-order valence-corrected chi connectivity index (χ1v) is 6.92. The minimum Gasteiger partial charge on any atom is -0.399 e. The summed E-state index contributed by atoms with van der Waals surface area (Å²) in [6, 6.07) is 7.52. The topological polar surface area (TPSA) is 66.6 Å². The van der Waals surface area contributed by atoms with Crippen molar-refractivity contribution in [2.45, 2.75) is 18.3 Å². The molecule has 5 heteroatoms. The van der Waals surface area contributed by atoms with E-state index in [1.54, 1.807) is 16.8 Å². The predicted octanol–water partition coefficient (Wildman–Crippen LogP) is 0.601. The number of anilines is 1. The van der Waals surface area contributed by atoms with Gasteiger partial charge in [0.05, 0.1) is 12.0 Å². The van der Waals surface area contributed by atoms with Crippen molar-refractivity contribution in [1.82, 2.24) is 9.80 Å². The number of piperazine rings is 1. The van der Waals surface area contributed by atoms with Gasteiger partial charge < -0.3 is 15.5 Å². The molecule has 5 nitrogen and oxygen atoms in total. The third-order valence-corrected chi connectivity index (χ3v) is 4.37. The molecule has 2 aliphatic rings. The zero-order chi connectivity index (χ0) is 14.3. The van der Waals surface area contributed by atoms with Gasteiger partial charge in [-0.05, 0) is 30.5 Å². The first-order valence-electron chi connectivity index (χ1n) is 6.92. The number of hydrogen-bond acceptors (Lipinski definition) is 3. The maximum atomic E-state index is 12.7. The second-order valence-corrected chi connectivity index (χ2v) is 5.75. The lowest BCUT2D eigenvalue weighted by molar-refractivity contribution is -0.145. The second kappa shape index (κ2) is 4.51. The molecule has 0 unspecified atom stereocenters. The molecule has 1 saturated heterocycles. The molecule has 1 heterocycles. The monoisotopic (exact) mass is 273 g/mol. The van der Waals surface area contributed by atoms with Crippen LogP contribution in [0.4, 0.5) is 5.69 Å². The minimum atomic E-state index is -0.413. The molecule has 1 aliphatic heterocycles. The largest absolute Gasteiger partial charge is 0.399 e. The summed E-state index contributed by atoms with van der Waals surface area (Å²) in [4.78, 5) is 27.9. The number of amides is 2. The molecular weight excluding hydrogens is 254 g/mol. The summed E-state index contributed by atoms with van der Waals surface area (Å²) < 4.78 is 0. The molecule has 20 heavy (non-hydrogen) atoms. The highest BCUT2D eigenvalue weighted by molar-refractivity contribution is 5.94. The smallest absolute Gasteiger partial charge is 0.241 e. The molecule has 106 valence electrons. The maximum Gasteiger partial charge on any atom is 0.241 e. The summed E-state index contributed by atoms with van der Waals surface area (Å²) in [5.74, 6) is 0.0985. The van der Waals surface area contributed by atoms with Crippen molar-refractivity contribution < 1.29 is 9.59 Å². The number of carbonyl (C=O) groups is 2. The quantitative estimate of drug-likeness (QED) is 0.802. The van der Waals surface area contributed by atoms with Crippen LogP contribution in [-0.4, -0.2) is 48.3 Å². The Kier molecular flexibility index (Phi) is 2.92. The molecule has 0 bridgehead atoms. The highest BCUT2D eigenvalue weighted by Gasteiger charge is 2.53. The third kappa shape index (κ3) is 2.03. The molecule has 2 fully saturated rings. The van der Waals surface area contributed by atoms with Gasteiger partial charge in [0.15, 0.2) is 0 Å². The van der Waals surface area contributed by atoms with Gasteiger partial charge in [-0.25, -0.2) is 0 Å². The van der Waals surface area contributed by atoms with E-state index in [0.29, 0.717) is 18.8 Å². The fourth-order valence-electron chi connectivity index (χ4n) is 2.79. The first kappa shape index (κ1) is 13.0. The molecular formula is C15H19N3O2. The van der Waals surface area contributed by atoms with Crippen molar-refractivity contribution in [3.63, 3.8) is 0 Å². The van der Waals surface area contributed by atoms with Crippen molar-refractivity contribution in [1.29, 1.82) is 0 Å². The third-order valence-electron chi connectivity index (χ3n) is 4.37. The van der Waals surface area contributed by atoms with Gasteiger partial charge in [-0.2, -0.15) is 0 Å². The summed E-state index contributed by atoms with van der Waals surface area (Å²) in [5.41, 5.74) is 7.00. The molecule has 2 amide bonds. The van der Waals surface area contributed by atoms with Gasteiger partial charge in [-0.15, -0.1) is 0 Å². The van der Waals surface area contributed by atoms with Crippen LogP contribution in [0.3, 0.4) is 0 Å². The Labute approximate surface area is 118 Å². The van der Waals surface area contributed by atoms with Crippen molar-refractivity contribution in [3.8, 4) is 0 Å². The Morgan fingerprint density at radius 2 is 1.85 bits per heavy atom. The van der Waals surface area contributed by atoms with E-state index < -0.39 is 5.41 Å². The van der Waals surface area contributed by atoms with Gasteiger partial charge in [0.25, 0.3) is 0 Å². The zero-order valence-electron chi connectivity index (χ0n) is 11.6. The molecule has 1 aliphatic carbocycles. The van der Waals surface area contributed by atoms with Crippen LogP contribution in [0.25, 0.3) is 0 Å². The van der Waals surface area contributed by atoms with E-state index in [0.717, 1.165) is 18.4 Å². The van der Waals surface area contributed by atoms with E-state index in [9.17, 15) is 9.59 Å². The number of likely N-dealkylation sites (N-methyl/N-ethyl adjacent to an activating group) is 1. The van der Waals surface area contributed by atoms with E-state index in [-0.39, 0.29) is 18.4 Å². The van der Waals surface area contributed by atoms with Crippen LogP contribution in [0.2, 0.25) is 0 Å². The number of benzene rings is 1. The van der Waals surface area contributed by atoms with Crippen LogP contribution >= 0.6 is 0 Å². The van der Waals surface area contributed by atoms with Gasteiger partial charge in [0.2, 0.25) is 11.8 Å². The second-order valence-electron chi connectivity index (χ2n) is 5.75. The molecule has 2 N–H and O–H groups in total. The van der Waals surface area contributed by atoms with Crippen LogP contribution in [0.15, 0.2) is 24.3 Å². The minimum absolute atomic E-state index is 0.0118. The summed E-state index contributed by atoms with van der Waals surface area (Å²) in [6.07, 6.45) is 1.71. The summed E-state index contributed by atoms with van der Waals surface area (Å²) in [6.45, 7) is 1.44. The Hall–Kier alpha value is -2.04. The van der Waals surface area contributed by atoms with E-state index in [1.807, 2.05) is 24.3 Å². The van der Waals surface area contributed by atoms with Gasteiger partial charge in [-0.3, -0.25) is 9.59 Å². The lowest BCUT2D eigenvalue weighted by atomic mass is 9.93. The lowest BCUT2D eigenvalue weighted by Crippen LogP contribution is -2.53. The highest BCUT2D eigenvalue weighted by atomic mass is 16.2. The number of nitrogens with two attached hydrogens (primary N) is 1. The van der Waals surface area contributed by atoms with E-state index >= 15 is 0 Å². The molecule has 0 spiro atoms. The Morgan fingerprint density at radius 3 is 2.40 bits per heavy atom. The average molecular weight is 273 g/mol. The van der Waals surface area contributed by atoms with Crippen molar-refractivity contribution >= 4 is 17.5 Å². The van der Waals surface area contributed by atoms with Gasteiger partial charge in [0, 0.05) is 25.8 Å². The number of hydrogen-bond donors (Lipinski definition) is 1. The molecule has 0 aromatic heterocycles. The van der Waals surface area contributed by atoms with Crippen LogP contribution < -0.4 is 5.73 Å². The fraction of sp³-hybridized carbons (Fsp3) is 0.467. The standard InChI is InChI=1S/C15H19N3O2/c1-17-8-9-18(10-13(17)19)14(20)15(6-7-15)11-2-4-12(16)5-3-11/h2-5H,6-10,16H2,1H3. The van der Waals surface area contributed by atoms with Crippen LogP contribution in [0, 0.1) is 0 Å². The number of nitrogen functional groups attached to an aromatic ring is 1. The van der Waals surface area contributed by atoms with Crippen molar-refractivity contribution in [2.75, 3.05) is 32.4 Å². The van der Waals surface area contributed by atoms with E-state index in [1.165, 1.54) is 0 Å². The van der Waals surface area contributed by atoms with E-state index in [2.05, 4.69) is 0 Å². The molecule has 1 aromatic carbocycles. The molecule has 0 radical (unpaired) electrons. The molecule has 3 rings (SSSR count). The van der Waals surface area contributed by atoms with Crippen LogP contribution in [0.5, 0.6) is 0 Å². The Bertz CT molecular complexity index is 549. The number of rotatable bonds is 2. The Morgan fingerprint density at radius 1 is 1.20 bits per heavy atom. The van der Waals surface area contributed by atoms with Crippen LogP contribution in [-0.2, 0) is 15.0 Å². The first-order chi connectivity index (χ1) is 9.53. The van der Waals surface area contributed by atoms with Gasteiger partial charge in [0.1, 0.15) is 0 Å². The summed E-state index contributed by atoms with van der Waals surface area (Å²) in [5, 5.41) is 0. The van der Waals surface area contributed by atoms with Crippen molar-refractivity contribution in [2.24, 2.45) is 0 Å². The predicted molar refractivity (Wildman–Crippen MR) is 76.0 cm³/mol.